The number of carbonyl (C=O) groups is 1. The van der Waals surface area contributed by atoms with Gasteiger partial charge in [0.05, 0.1) is 12.5 Å². The Hall–Kier alpha value is -3.34. The van der Waals surface area contributed by atoms with Crippen molar-refractivity contribution in [1.29, 1.82) is 5.26 Å². The predicted molar refractivity (Wildman–Crippen MR) is 100 cm³/mol. The molecule has 0 bridgehead atoms. The number of benzene rings is 1. The van der Waals surface area contributed by atoms with E-state index in [1.807, 2.05) is 36.4 Å². The minimum Gasteiger partial charge on any atom is -0.466 e. The Labute approximate surface area is 156 Å². The highest BCUT2D eigenvalue weighted by molar-refractivity contribution is 5.73. The second-order valence-electron chi connectivity index (χ2n) is 6.06. The Kier molecular flexibility index (Phi) is 6.55. The van der Waals surface area contributed by atoms with Crippen LogP contribution in [0.15, 0.2) is 39.9 Å². The first-order valence-corrected chi connectivity index (χ1v) is 8.55. The van der Waals surface area contributed by atoms with Crippen LogP contribution in [0, 0.1) is 17.2 Å². The van der Waals surface area contributed by atoms with E-state index in [-0.39, 0.29) is 30.5 Å². The van der Waals surface area contributed by atoms with Crippen LogP contribution in [-0.4, -0.2) is 28.3 Å². The topological polar surface area (TPSA) is 106 Å². The molecule has 8 heteroatoms. The molecule has 0 unspecified atom stereocenters. The maximum Gasteiger partial charge on any atom is 0.332 e. The van der Waals surface area contributed by atoms with Crippen molar-refractivity contribution in [3.05, 3.63) is 62.3 Å². The van der Waals surface area contributed by atoms with Crippen LogP contribution in [-0.2, 0) is 30.0 Å². The largest absolute Gasteiger partial charge is 0.466 e. The first kappa shape index (κ1) is 20.0. The Morgan fingerprint density at radius 3 is 2.48 bits per heavy atom. The number of ether oxygens (including phenoxy) is 1. The molecule has 8 nitrogen and oxygen atoms in total. The molecule has 1 aromatic carbocycles. The van der Waals surface area contributed by atoms with Crippen LogP contribution in [0.25, 0.3) is 0 Å². The van der Waals surface area contributed by atoms with E-state index in [9.17, 15) is 19.6 Å². The maximum atomic E-state index is 12.3. The fourth-order valence-electron chi connectivity index (χ4n) is 2.77. The number of rotatable bonds is 7. The van der Waals surface area contributed by atoms with Gasteiger partial charge in [-0.3, -0.25) is 18.7 Å². The highest BCUT2D eigenvalue weighted by Gasteiger charge is 2.22. The van der Waals surface area contributed by atoms with Gasteiger partial charge in [-0.25, -0.2) is 4.79 Å². The van der Waals surface area contributed by atoms with E-state index < -0.39 is 17.2 Å². The van der Waals surface area contributed by atoms with Crippen LogP contribution in [0.1, 0.15) is 18.1 Å². The van der Waals surface area contributed by atoms with E-state index in [4.69, 9.17) is 4.74 Å². The SMILES string of the molecule is CCOC(=O)[C@H](CNc1c(C#N)c(=O)n(C)c(=O)n1C)Cc1ccccc1. The molecule has 2 rings (SSSR count). The minimum atomic E-state index is -0.682. The summed E-state index contributed by atoms with van der Waals surface area (Å²) in [7, 11) is 2.77. The Morgan fingerprint density at radius 2 is 1.89 bits per heavy atom. The summed E-state index contributed by atoms with van der Waals surface area (Å²) in [6.45, 7) is 2.09. The summed E-state index contributed by atoms with van der Waals surface area (Å²) in [6.07, 6.45) is 0.424. The zero-order chi connectivity index (χ0) is 20.0. The quantitative estimate of drug-likeness (QED) is 0.722. The smallest absolute Gasteiger partial charge is 0.332 e. The number of carbonyl (C=O) groups excluding carboxylic acids is 1. The second kappa shape index (κ2) is 8.85. The van der Waals surface area contributed by atoms with Gasteiger partial charge >= 0.3 is 11.7 Å². The average Bonchev–Trinajstić information content (AvgIpc) is 2.68. The summed E-state index contributed by atoms with van der Waals surface area (Å²) in [6, 6.07) is 11.3. The van der Waals surface area contributed by atoms with Crippen molar-refractivity contribution in [3.63, 3.8) is 0 Å². The van der Waals surface area contributed by atoms with Gasteiger partial charge in [-0.1, -0.05) is 30.3 Å². The van der Waals surface area contributed by atoms with Crippen molar-refractivity contribution < 1.29 is 9.53 Å². The fraction of sp³-hybridized carbons (Fsp3) is 0.368. The lowest BCUT2D eigenvalue weighted by atomic mass is 9.99. The lowest BCUT2D eigenvalue weighted by molar-refractivity contribution is -0.147. The van der Waals surface area contributed by atoms with Crippen LogP contribution >= 0.6 is 0 Å². The molecule has 0 aliphatic carbocycles. The Morgan fingerprint density at radius 1 is 1.22 bits per heavy atom. The van der Waals surface area contributed by atoms with E-state index in [1.54, 1.807) is 6.92 Å². The zero-order valence-electron chi connectivity index (χ0n) is 15.6. The number of hydrogen-bond acceptors (Lipinski definition) is 6. The standard InChI is InChI=1S/C19H22N4O4/c1-4-27-18(25)14(10-13-8-6-5-7-9-13)12-21-16-15(11-20)17(24)23(3)19(26)22(16)2/h5-9,14,21H,4,10,12H2,1-3H3/t14-/m0/s1. The first-order chi connectivity index (χ1) is 12.9. The summed E-state index contributed by atoms with van der Waals surface area (Å²) in [4.78, 5) is 36.6. The van der Waals surface area contributed by atoms with Gasteiger partial charge < -0.3 is 10.1 Å². The summed E-state index contributed by atoms with van der Waals surface area (Å²) >= 11 is 0. The summed E-state index contributed by atoms with van der Waals surface area (Å²) in [5, 5.41) is 12.2. The zero-order valence-corrected chi connectivity index (χ0v) is 15.6. The molecule has 27 heavy (non-hydrogen) atoms. The van der Waals surface area contributed by atoms with Crippen molar-refractivity contribution in [3.8, 4) is 6.07 Å². The summed E-state index contributed by atoms with van der Waals surface area (Å²) < 4.78 is 7.20. The number of aromatic nitrogens is 2. The molecule has 1 N–H and O–H groups in total. The molecule has 0 saturated carbocycles. The van der Waals surface area contributed by atoms with Gasteiger partial charge in [0.2, 0.25) is 0 Å². The van der Waals surface area contributed by atoms with Crippen molar-refractivity contribution in [2.75, 3.05) is 18.5 Å². The molecular formula is C19H22N4O4. The Bertz CT molecular complexity index is 970. The molecule has 0 spiro atoms. The van der Waals surface area contributed by atoms with Crippen molar-refractivity contribution in [1.82, 2.24) is 9.13 Å². The van der Waals surface area contributed by atoms with Gasteiger partial charge in [0.25, 0.3) is 5.56 Å². The molecule has 0 amide bonds. The second-order valence-corrected chi connectivity index (χ2v) is 6.06. The fourth-order valence-corrected chi connectivity index (χ4v) is 2.77. The highest BCUT2D eigenvalue weighted by atomic mass is 16.5. The molecule has 0 aliphatic rings. The summed E-state index contributed by atoms with van der Waals surface area (Å²) in [5.74, 6) is -0.841. The van der Waals surface area contributed by atoms with Crippen LogP contribution in [0.2, 0.25) is 0 Å². The van der Waals surface area contributed by atoms with Gasteiger partial charge in [0, 0.05) is 20.6 Å². The number of nitrogens with one attached hydrogen (secondary N) is 1. The third-order valence-electron chi connectivity index (χ3n) is 4.24. The molecule has 142 valence electrons. The van der Waals surface area contributed by atoms with Crippen LogP contribution in [0.4, 0.5) is 5.82 Å². The van der Waals surface area contributed by atoms with Gasteiger partial charge in [-0.15, -0.1) is 0 Å². The van der Waals surface area contributed by atoms with Crippen molar-refractivity contribution in [2.45, 2.75) is 13.3 Å². The molecule has 1 aromatic heterocycles. The molecule has 1 heterocycles. The molecule has 1 atom stereocenters. The van der Waals surface area contributed by atoms with Crippen LogP contribution in [0.3, 0.4) is 0 Å². The van der Waals surface area contributed by atoms with Gasteiger partial charge in [-0.2, -0.15) is 5.26 Å². The normalized spacial score (nSPS) is 11.5. The van der Waals surface area contributed by atoms with E-state index in [1.165, 1.54) is 18.7 Å². The molecule has 0 radical (unpaired) electrons. The van der Waals surface area contributed by atoms with Gasteiger partial charge in [0.15, 0.2) is 5.56 Å². The monoisotopic (exact) mass is 370 g/mol. The van der Waals surface area contributed by atoms with E-state index in [0.717, 1.165) is 10.1 Å². The number of esters is 1. The summed E-state index contributed by atoms with van der Waals surface area (Å²) in [5.41, 5.74) is -0.464. The van der Waals surface area contributed by atoms with E-state index >= 15 is 0 Å². The minimum absolute atomic E-state index is 0.0907. The number of hydrogen-bond donors (Lipinski definition) is 1. The number of nitrogens with zero attached hydrogens (tertiary/aromatic N) is 3. The van der Waals surface area contributed by atoms with Crippen molar-refractivity contribution in [2.24, 2.45) is 20.0 Å². The lowest BCUT2D eigenvalue weighted by Crippen LogP contribution is -2.40. The third kappa shape index (κ3) is 4.44. The average molecular weight is 370 g/mol. The third-order valence-corrected chi connectivity index (χ3v) is 4.24. The highest BCUT2D eigenvalue weighted by Crippen LogP contribution is 2.14. The first-order valence-electron chi connectivity index (χ1n) is 8.55. The molecule has 0 saturated heterocycles. The van der Waals surface area contributed by atoms with E-state index in [0.29, 0.717) is 6.42 Å². The molecule has 2 aromatic rings. The molecule has 0 aliphatic heterocycles. The van der Waals surface area contributed by atoms with E-state index in [2.05, 4.69) is 5.32 Å². The van der Waals surface area contributed by atoms with Gasteiger partial charge in [0.1, 0.15) is 11.9 Å². The maximum absolute atomic E-state index is 12.3. The van der Waals surface area contributed by atoms with Crippen LogP contribution in [0.5, 0.6) is 0 Å². The molecular weight excluding hydrogens is 348 g/mol. The number of anilines is 1. The molecule has 0 fully saturated rings. The van der Waals surface area contributed by atoms with Crippen molar-refractivity contribution >= 4 is 11.8 Å². The predicted octanol–water partition coefficient (Wildman–Crippen LogP) is 0.790. The number of nitriles is 1. The van der Waals surface area contributed by atoms with Crippen LogP contribution < -0.4 is 16.6 Å². The lowest BCUT2D eigenvalue weighted by Gasteiger charge is -2.19. The Balaban J connectivity index is 2.32. The van der Waals surface area contributed by atoms with Gasteiger partial charge in [-0.05, 0) is 18.9 Å².